The van der Waals surface area contributed by atoms with Gasteiger partial charge in [0.1, 0.15) is 10.7 Å². The molecule has 0 atom stereocenters. The van der Waals surface area contributed by atoms with Crippen LogP contribution < -0.4 is 5.32 Å². The molecule has 2 heterocycles. The molecule has 7 heteroatoms. The van der Waals surface area contributed by atoms with Gasteiger partial charge in [0, 0.05) is 30.9 Å². The summed E-state index contributed by atoms with van der Waals surface area (Å²) in [6.07, 6.45) is 3.26. The molecule has 0 radical (unpaired) electrons. The summed E-state index contributed by atoms with van der Waals surface area (Å²) in [5.74, 6) is 0.630. The second kappa shape index (κ2) is 6.86. The van der Waals surface area contributed by atoms with Crippen LogP contribution in [0.5, 0.6) is 0 Å². The predicted molar refractivity (Wildman–Crippen MR) is 91.0 cm³/mol. The number of benzene rings is 1. The van der Waals surface area contributed by atoms with E-state index in [0.29, 0.717) is 30.5 Å². The van der Waals surface area contributed by atoms with E-state index in [2.05, 4.69) is 10.3 Å². The molecule has 1 N–H and O–H groups in total. The van der Waals surface area contributed by atoms with Crippen molar-refractivity contribution in [1.29, 1.82) is 0 Å². The van der Waals surface area contributed by atoms with Crippen molar-refractivity contribution >= 4 is 27.4 Å². The maximum Gasteiger partial charge on any atom is 0.244 e. The Morgan fingerprint density at radius 3 is 2.61 bits per heavy atom. The number of pyridine rings is 1. The van der Waals surface area contributed by atoms with Crippen LogP contribution in [0.2, 0.25) is 5.02 Å². The van der Waals surface area contributed by atoms with Crippen molar-refractivity contribution in [3.8, 4) is 0 Å². The van der Waals surface area contributed by atoms with Crippen LogP contribution in [-0.4, -0.2) is 30.8 Å². The van der Waals surface area contributed by atoms with E-state index in [4.69, 9.17) is 11.6 Å². The Morgan fingerprint density at radius 2 is 1.96 bits per heavy atom. The van der Waals surface area contributed by atoms with E-state index in [-0.39, 0.29) is 4.90 Å². The molecule has 0 amide bonds. The Kier molecular flexibility index (Phi) is 4.84. The highest BCUT2D eigenvalue weighted by atomic mass is 35.5. The lowest BCUT2D eigenvalue weighted by Gasteiger charge is -2.15. The fraction of sp³-hybridized carbons (Fsp3) is 0.312. The molecular formula is C16H18ClN3O2S. The average Bonchev–Trinajstić information content (AvgIpc) is 3.09. The van der Waals surface area contributed by atoms with Crippen LogP contribution in [0, 0.1) is 0 Å². The lowest BCUT2D eigenvalue weighted by atomic mass is 10.2. The highest BCUT2D eigenvalue weighted by molar-refractivity contribution is 7.89. The molecule has 5 nitrogen and oxygen atoms in total. The smallest absolute Gasteiger partial charge is 0.244 e. The molecule has 0 aliphatic carbocycles. The van der Waals surface area contributed by atoms with Gasteiger partial charge in [-0.2, -0.15) is 4.31 Å². The standard InChI is InChI=1S/C16H18ClN3O2S/c17-14-5-3-4-13(10-14)11-18-16-7-6-15(12-19-16)23(21,22)20-8-1-2-9-20/h3-7,10,12H,1-2,8-9,11H2,(H,18,19). The molecule has 0 unspecified atom stereocenters. The molecule has 0 bridgehead atoms. The summed E-state index contributed by atoms with van der Waals surface area (Å²) < 4.78 is 26.3. The van der Waals surface area contributed by atoms with E-state index in [1.807, 2.05) is 24.3 Å². The van der Waals surface area contributed by atoms with Crippen molar-refractivity contribution in [1.82, 2.24) is 9.29 Å². The second-order valence-electron chi connectivity index (χ2n) is 5.47. The quantitative estimate of drug-likeness (QED) is 0.899. The molecule has 122 valence electrons. The molecule has 2 aromatic rings. The van der Waals surface area contributed by atoms with Gasteiger partial charge < -0.3 is 5.32 Å². The minimum Gasteiger partial charge on any atom is -0.366 e. The van der Waals surface area contributed by atoms with Gasteiger partial charge in [-0.25, -0.2) is 13.4 Å². The third-order valence-electron chi connectivity index (χ3n) is 3.80. The average molecular weight is 352 g/mol. The third kappa shape index (κ3) is 3.83. The van der Waals surface area contributed by atoms with Gasteiger partial charge in [0.15, 0.2) is 0 Å². The number of rotatable bonds is 5. The van der Waals surface area contributed by atoms with Crippen LogP contribution in [0.3, 0.4) is 0 Å². The van der Waals surface area contributed by atoms with Crippen LogP contribution in [0.4, 0.5) is 5.82 Å². The number of anilines is 1. The molecule has 1 aliphatic heterocycles. The maximum absolute atomic E-state index is 12.4. The van der Waals surface area contributed by atoms with Crippen molar-refractivity contribution in [3.63, 3.8) is 0 Å². The van der Waals surface area contributed by atoms with Gasteiger partial charge in [-0.1, -0.05) is 23.7 Å². The van der Waals surface area contributed by atoms with Crippen molar-refractivity contribution in [2.75, 3.05) is 18.4 Å². The first kappa shape index (κ1) is 16.2. The van der Waals surface area contributed by atoms with Crippen molar-refractivity contribution in [2.45, 2.75) is 24.3 Å². The Bertz CT molecular complexity index is 772. The first-order valence-electron chi connectivity index (χ1n) is 7.50. The van der Waals surface area contributed by atoms with Crippen LogP contribution in [-0.2, 0) is 16.6 Å². The molecule has 1 fully saturated rings. The van der Waals surface area contributed by atoms with Gasteiger partial charge in [-0.3, -0.25) is 0 Å². The Morgan fingerprint density at radius 1 is 1.17 bits per heavy atom. The maximum atomic E-state index is 12.4. The molecular weight excluding hydrogens is 334 g/mol. The Hall–Kier alpha value is -1.63. The molecule has 3 rings (SSSR count). The third-order valence-corrected chi connectivity index (χ3v) is 5.92. The van der Waals surface area contributed by atoms with E-state index < -0.39 is 10.0 Å². The summed E-state index contributed by atoms with van der Waals surface area (Å²) in [6, 6.07) is 10.8. The van der Waals surface area contributed by atoms with E-state index in [1.54, 1.807) is 12.1 Å². The van der Waals surface area contributed by atoms with Crippen molar-refractivity contribution in [2.24, 2.45) is 0 Å². The number of hydrogen-bond acceptors (Lipinski definition) is 4. The number of hydrogen-bond donors (Lipinski definition) is 1. The number of nitrogens with zero attached hydrogens (tertiary/aromatic N) is 2. The first-order valence-corrected chi connectivity index (χ1v) is 9.32. The van der Waals surface area contributed by atoms with E-state index in [0.717, 1.165) is 18.4 Å². The second-order valence-corrected chi connectivity index (χ2v) is 7.85. The number of sulfonamides is 1. The highest BCUT2D eigenvalue weighted by Gasteiger charge is 2.27. The Labute approximate surface area is 141 Å². The zero-order chi connectivity index (χ0) is 16.3. The van der Waals surface area contributed by atoms with Gasteiger partial charge >= 0.3 is 0 Å². The molecule has 0 spiro atoms. The molecule has 23 heavy (non-hydrogen) atoms. The zero-order valence-corrected chi connectivity index (χ0v) is 14.1. The summed E-state index contributed by atoms with van der Waals surface area (Å²) in [5, 5.41) is 3.84. The largest absolute Gasteiger partial charge is 0.366 e. The minimum atomic E-state index is -3.40. The minimum absolute atomic E-state index is 0.243. The van der Waals surface area contributed by atoms with E-state index in [1.165, 1.54) is 10.5 Å². The molecule has 1 aromatic carbocycles. The number of halogens is 1. The normalized spacial score (nSPS) is 15.7. The van der Waals surface area contributed by atoms with Crippen molar-refractivity contribution < 1.29 is 8.42 Å². The summed E-state index contributed by atoms with van der Waals surface area (Å²) >= 11 is 5.95. The van der Waals surface area contributed by atoms with Crippen molar-refractivity contribution in [3.05, 3.63) is 53.2 Å². The van der Waals surface area contributed by atoms with Crippen LogP contribution in [0.15, 0.2) is 47.5 Å². The first-order chi connectivity index (χ1) is 11.1. The SMILES string of the molecule is O=S(=O)(c1ccc(NCc2cccc(Cl)c2)nc1)N1CCCC1. The summed E-state index contributed by atoms with van der Waals surface area (Å²) in [4.78, 5) is 4.45. The van der Waals surface area contributed by atoms with E-state index in [9.17, 15) is 8.42 Å². The fourth-order valence-electron chi connectivity index (χ4n) is 2.55. The fourth-order valence-corrected chi connectivity index (χ4v) is 4.23. The van der Waals surface area contributed by atoms with Crippen LogP contribution in [0.25, 0.3) is 0 Å². The summed E-state index contributed by atoms with van der Waals surface area (Å²) in [5.41, 5.74) is 1.04. The summed E-state index contributed by atoms with van der Waals surface area (Å²) in [7, 11) is -3.40. The zero-order valence-electron chi connectivity index (χ0n) is 12.6. The number of nitrogens with one attached hydrogen (secondary N) is 1. The topological polar surface area (TPSA) is 62.3 Å². The van der Waals surface area contributed by atoms with Gasteiger partial charge in [0.2, 0.25) is 10.0 Å². The molecule has 1 saturated heterocycles. The highest BCUT2D eigenvalue weighted by Crippen LogP contribution is 2.21. The van der Waals surface area contributed by atoms with Crippen LogP contribution in [0.1, 0.15) is 18.4 Å². The summed E-state index contributed by atoms with van der Waals surface area (Å²) in [6.45, 7) is 1.76. The van der Waals surface area contributed by atoms with E-state index >= 15 is 0 Å². The number of aromatic nitrogens is 1. The molecule has 1 aromatic heterocycles. The predicted octanol–water partition coefficient (Wildman–Crippen LogP) is 3.13. The Balaban J connectivity index is 1.67. The van der Waals surface area contributed by atoms with Gasteiger partial charge in [0.05, 0.1) is 0 Å². The van der Waals surface area contributed by atoms with Gasteiger partial charge in [0.25, 0.3) is 0 Å². The molecule has 0 saturated carbocycles. The van der Waals surface area contributed by atoms with Gasteiger partial charge in [-0.15, -0.1) is 0 Å². The van der Waals surface area contributed by atoms with Crippen LogP contribution >= 0.6 is 11.6 Å². The lowest BCUT2D eigenvalue weighted by Crippen LogP contribution is -2.27. The monoisotopic (exact) mass is 351 g/mol. The molecule has 1 aliphatic rings. The van der Waals surface area contributed by atoms with Gasteiger partial charge in [-0.05, 0) is 42.7 Å². The lowest BCUT2D eigenvalue weighted by molar-refractivity contribution is 0.477.